The largest absolute Gasteiger partial charge is 0.484 e. The standard InChI is InChI=1S/C14H16N2O2/c1-2-7-16-14(17)9-18-11-4-5-12-10(8-11)3-6-13(12)15/h1,4-5,8,13H,3,6-7,9,15H2,(H,16,17)/t13-/m0/s1. The number of ether oxygens (including phenoxy) is 1. The Morgan fingerprint density at radius 1 is 1.61 bits per heavy atom. The highest BCUT2D eigenvalue weighted by Gasteiger charge is 2.19. The summed E-state index contributed by atoms with van der Waals surface area (Å²) in [4.78, 5) is 11.3. The van der Waals surface area contributed by atoms with Crippen LogP contribution in [0.3, 0.4) is 0 Å². The summed E-state index contributed by atoms with van der Waals surface area (Å²) in [6.45, 7) is 0.202. The number of hydrogen-bond acceptors (Lipinski definition) is 3. The molecule has 2 rings (SSSR count). The SMILES string of the molecule is C#CCNC(=O)COc1ccc2c(c1)CC[C@@H]2N. The number of amides is 1. The van der Waals surface area contributed by atoms with Gasteiger partial charge in [0.05, 0.1) is 6.54 Å². The predicted octanol–water partition coefficient (Wildman–Crippen LogP) is 0.761. The Morgan fingerprint density at radius 3 is 3.22 bits per heavy atom. The van der Waals surface area contributed by atoms with Crippen molar-refractivity contribution in [2.24, 2.45) is 5.73 Å². The van der Waals surface area contributed by atoms with Crippen LogP contribution in [-0.2, 0) is 11.2 Å². The molecule has 0 bridgehead atoms. The molecule has 94 valence electrons. The molecule has 4 heteroatoms. The van der Waals surface area contributed by atoms with E-state index >= 15 is 0 Å². The molecule has 0 aliphatic heterocycles. The van der Waals surface area contributed by atoms with Gasteiger partial charge in [-0.25, -0.2) is 0 Å². The number of carbonyl (C=O) groups is 1. The molecule has 4 nitrogen and oxygen atoms in total. The van der Waals surface area contributed by atoms with Crippen molar-refractivity contribution in [1.82, 2.24) is 5.32 Å². The highest BCUT2D eigenvalue weighted by atomic mass is 16.5. The average molecular weight is 244 g/mol. The smallest absolute Gasteiger partial charge is 0.258 e. The third-order valence-electron chi connectivity index (χ3n) is 3.00. The topological polar surface area (TPSA) is 64.3 Å². The van der Waals surface area contributed by atoms with Crippen molar-refractivity contribution in [1.29, 1.82) is 0 Å². The number of carbonyl (C=O) groups excluding carboxylic acids is 1. The van der Waals surface area contributed by atoms with Gasteiger partial charge in [0.15, 0.2) is 6.61 Å². The zero-order chi connectivity index (χ0) is 13.0. The number of nitrogens with two attached hydrogens (primary N) is 1. The van der Waals surface area contributed by atoms with Gasteiger partial charge in [-0.1, -0.05) is 12.0 Å². The summed E-state index contributed by atoms with van der Waals surface area (Å²) in [5.74, 6) is 2.81. The number of nitrogens with one attached hydrogen (secondary N) is 1. The number of terminal acetylenes is 1. The van der Waals surface area contributed by atoms with E-state index < -0.39 is 0 Å². The van der Waals surface area contributed by atoms with Gasteiger partial charge in [-0.05, 0) is 36.1 Å². The highest BCUT2D eigenvalue weighted by Crippen LogP contribution is 2.31. The van der Waals surface area contributed by atoms with Gasteiger partial charge in [0.2, 0.25) is 0 Å². The first kappa shape index (κ1) is 12.5. The van der Waals surface area contributed by atoms with Gasteiger partial charge in [0.1, 0.15) is 5.75 Å². The van der Waals surface area contributed by atoms with Crippen LogP contribution < -0.4 is 15.8 Å². The normalized spacial score (nSPS) is 16.8. The lowest BCUT2D eigenvalue weighted by molar-refractivity contribution is -0.122. The van der Waals surface area contributed by atoms with E-state index in [1.807, 2.05) is 18.2 Å². The van der Waals surface area contributed by atoms with Crippen molar-refractivity contribution in [3.63, 3.8) is 0 Å². The molecule has 0 saturated heterocycles. The van der Waals surface area contributed by atoms with Crippen molar-refractivity contribution in [2.75, 3.05) is 13.2 Å². The lowest BCUT2D eigenvalue weighted by atomic mass is 10.1. The second-order valence-electron chi connectivity index (χ2n) is 4.28. The van der Waals surface area contributed by atoms with Gasteiger partial charge in [0, 0.05) is 6.04 Å². The number of rotatable bonds is 4. The molecule has 1 aromatic rings. The summed E-state index contributed by atoms with van der Waals surface area (Å²) >= 11 is 0. The average Bonchev–Trinajstić information content (AvgIpc) is 2.75. The van der Waals surface area contributed by atoms with Gasteiger partial charge in [-0.15, -0.1) is 6.42 Å². The van der Waals surface area contributed by atoms with Gasteiger partial charge in [0.25, 0.3) is 5.91 Å². The second kappa shape index (κ2) is 5.56. The zero-order valence-electron chi connectivity index (χ0n) is 10.1. The summed E-state index contributed by atoms with van der Waals surface area (Å²) in [5.41, 5.74) is 8.34. The molecule has 0 unspecified atom stereocenters. The van der Waals surface area contributed by atoms with Crippen LogP contribution in [0.5, 0.6) is 5.75 Å². The summed E-state index contributed by atoms with van der Waals surface area (Å²) < 4.78 is 5.40. The molecule has 0 saturated carbocycles. The molecular weight excluding hydrogens is 228 g/mol. The molecule has 0 heterocycles. The summed E-state index contributed by atoms with van der Waals surface area (Å²) in [6, 6.07) is 5.91. The minimum atomic E-state index is -0.217. The molecule has 18 heavy (non-hydrogen) atoms. The van der Waals surface area contributed by atoms with Crippen molar-refractivity contribution in [3.05, 3.63) is 29.3 Å². The molecule has 1 atom stereocenters. The van der Waals surface area contributed by atoms with Crippen LogP contribution in [0.1, 0.15) is 23.6 Å². The van der Waals surface area contributed by atoms with Crippen LogP contribution in [-0.4, -0.2) is 19.1 Å². The minimum absolute atomic E-state index is 0.0213. The van der Waals surface area contributed by atoms with E-state index in [1.54, 1.807) is 0 Å². The fourth-order valence-corrected chi connectivity index (χ4v) is 2.07. The third-order valence-corrected chi connectivity index (χ3v) is 3.00. The lowest BCUT2D eigenvalue weighted by Gasteiger charge is -2.09. The van der Waals surface area contributed by atoms with Gasteiger partial charge in [-0.3, -0.25) is 4.79 Å². The van der Waals surface area contributed by atoms with Gasteiger partial charge >= 0.3 is 0 Å². The van der Waals surface area contributed by atoms with Crippen molar-refractivity contribution in [2.45, 2.75) is 18.9 Å². The molecule has 3 N–H and O–H groups in total. The first-order valence-corrected chi connectivity index (χ1v) is 5.92. The Hall–Kier alpha value is -1.99. The fourth-order valence-electron chi connectivity index (χ4n) is 2.07. The Morgan fingerprint density at radius 2 is 2.44 bits per heavy atom. The molecule has 1 amide bonds. The molecule has 0 aromatic heterocycles. The summed E-state index contributed by atoms with van der Waals surface area (Å²) in [6.07, 6.45) is 6.98. The Labute approximate surface area is 107 Å². The van der Waals surface area contributed by atoms with Crippen molar-refractivity contribution < 1.29 is 9.53 Å². The predicted molar refractivity (Wildman–Crippen MR) is 69.0 cm³/mol. The molecule has 0 spiro atoms. The minimum Gasteiger partial charge on any atom is -0.484 e. The van der Waals surface area contributed by atoms with E-state index in [0.717, 1.165) is 12.8 Å². The van der Waals surface area contributed by atoms with E-state index in [4.69, 9.17) is 16.9 Å². The monoisotopic (exact) mass is 244 g/mol. The van der Waals surface area contributed by atoms with Crippen molar-refractivity contribution >= 4 is 5.91 Å². The van der Waals surface area contributed by atoms with Gasteiger partial charge < -0.3 is 15.8 Å². The Bertz CT molecular complexity index is 491. The van der Waals surface area contributed by atoms with Crippen LogP contribution in [0.2, 0.25) is 0 Å². The molecule has 1 aliphatic carbocycles. The van der Waals surface area contributed by atoms with E-state index in [2.05, 4.69) is 11.2 Å². The maximum absolute atomic E-state index is 11.3. The first-order valence-electron chi connectivity index (χ1n) is 5.92. The van der Waals surface area contributed by atoms with Crippen molar-refractivity contribution in [3.8, 4) is 18.1 Å². The van der Waals surface area contributed by atoms with Crippen LogP contribution in [0.25, 0.3) is 0 Å². The summed E-state index contributed by atoms with van der Waals surface area (Å²) in [5, 5.41) is 2.54. The maximum Gasteiger partial charge on any atom is 0.258 e. The zero-order valence-corrected chi connectivity index (χ0v) is 10.1. The molecule has 0 radical (unpaired) electrons. The van der Waals surface area contributed by atoms with Gasteiger partial charge in [-0.2, -0.15) is 0 Å². The lowest BCUT2D eigenvalue weighted by Crippen LogP contribution is -2.29. The molecule has 0 fully saturated rings. The number of fused-ring (bicyclic) bond motifs is 1. The second-order valence-corrected chi connectivity index (χ2v) is 4.28. The highest BCUT2D eigenvalue weighted by molar-refractivity contribution is 5.77. The first-order chi connectivity index (χ1) is 8.70. The molecular formula is C14H16N2O2. The Kier molecular flexibility index (Phi) is 3.85. The van der Waals surface area contributed by atoms with E-state index in [1.165, 1.54) is 11.1 Å². The van der Waals surface area contributed by atoms with E-state index in [0.29, 0.717) is 5.75 Å². The number of hydrogen-bond donors (Lipinski definition) is 2. The number of benzene rings is 1. The third kappa shape index (κ3) is 2.82. The fraction of sp³-hybridized carbons (Fsp3) is 0.357. The van der Waals surface area contributed by atoms with Crippen LogP contribution in [0.15, 0.2) is 18.2 Å². The molecule has 1 aromatic carbocycles. The summed E-state index contributed by atoms with van der Waals surface area (Å²) in [7, 11) is 0. The Balaban J connectivity index is 1.91. The quantitative estimate of drug-likeness (QED) is 0.769. The maximum atomic E-state index is 11.3. The van der Waals surface area contributed by atoms with Crippen LogP contribution in [0, 0.1) is 12.3 Å². The molecule has 1 aliphatic rings. The van der Waals surface area contributed by atoms with E-state index in [-0.39, 0.29) is 25.1 Å². The van der Waals surface area contributed by atoms with Crippen LogP contribution >= 0.6 is 0 Å². The van der Waals surface area contributed by atoms with E-state index in [9.17, 15) is 4.79 Å². The number of aryl methyl sites for hydroxylation is 1. The van der Waals surface area contributed by atoms with Crippen LogP contribution in [0.4, 0.5) is 0 Å².